The predicted molar refractivity (Wildman–Crippen MR) is 62.9 cm³/mol. The molecule has 0 saturated carbocycles. The second-order valence-corrected chi connectivity index (χ2v) is 5.09. The molecule has 0 spiro atoms. The molecular formula is C13H17F2NO2. The van der Waals surface area contributed by atoms with Gasteiger partial charge in [0.2, 0.25) is 0 Å². The van der Waals surface area contributed by atoms with Crippen LogP contribution in [0.2, 0.25) is 0 Å². The number of nitrogens with zero attached hydrogens (tertiary/aromatic N) is 1. The molecule has 3 nitrogen and oxygen atoms in total. The van der Waals surface area contributed by atoms with Gasteiger partial charge in [-0.25, -0.2) is 8.78 Å². The average molecular weight is 257 g/mol. The molecule has 1 aliphatic heterocycles. The van der Waals surface area contributed by atoms with Crippen molar-refractivity contribution in [1.82, 2.24) is 4.90 Å². The van der Waals surface area contributed by atoms with Gasteiger partial charge >= 0.3 is 0 Å². The SMILES string of the molecule is CC1(CO)CC(O)CN1Cc1c(F)cccc1F. The normalized spacial score (nSPS) is 28.8. The zero-order valence-electron chi connectivity index (χ0n) is 10.2. The van der Waals surface area contributed by atoms with Crippen LogP contribution in [-0.2, 0) is 6.54 Å². The van der Waals surface area contributed by atoms with Crippen molar-refractivity contribution < 1.29 is 19.0 Å². The molecule has 2 atom stereocenters. The van der Waals surface area contributed by atoms with Crippen LogP contribution < -0.4 is 0 Å². The molecule has 2 rings (SSSR count). The van der Waals surface area contributed by atoms with Gasteiger partial charge in [-0.05, 0) is 25.5 Å². The topological polar surface area (TPSA) is 43.7 Å². The van der Waals surface area contributed by atoms with Gasteiger partial charge in [0.05, 0.1) is 12.7 Å². The predicted octanol–water partition coefficient (Wildman–Crippen LogP) is 1.28. The number of aliphatic hydroxyl groups is 2. The van der Waals surface area contributed by atoms with Crippen LogP contribution in [0.5, 0.6) is 0 Å². The molecule has 0 amide bonds. The minimum absolute atomic E-state index is 0.0220. The molecule has 2 unspecified atom stereocenters. The maximum Gasteiger partial charge on any atom is 0.130 e. The molecule has 1 aliphatic rings. The van der Waals surface area contributed by atoms with Crippen LogP contribution in [0.3, 0.4) is 0 Å². The molecule has 1 aromatic rings. The number of halogens is 2. The van der Waals surface area contributed by atoms with Gasteiger partial charge in [0.15, 0.2) is 0 Å². The standard InChI is InChI=1S/C13H17F2NO2/c1-13(8-17)5-9(18)6-16(13)7-10-11(14)3-2-4-12(10)15/h2-4,9,17-18H,5-8H2,1H3. The molecule has 1 aromatic carbocycles. The van der Waals surface area contributed by atoms with Crippen LogP contribution in [0, 0.1) is 11.6 Å². The van der Waals surface area contributed by atoms with E-state index in [-0.39, 0.29) is 18.7 Å². The van der Waals surface area contributed by atoms with Crippen molar-refractivity contribution in [1.29, 1.82) is 0 Å². The van der Waals surface area contributed by atoms with Gasteiger partial charge in [0, 0.05) is 24.2 Å². The van der Waals surface area contributed by atoms with E-state index in [2.05, 4.69) is 0 Å². The third-order valence-corrected chi connectivity index (χ3v) is 3.62. The van der Waals surface area contributed by atoms with Crippen LogP contribution in [-0.4, -0.2) is 39.9 Å². The fourth-order valence-electron chi connectivity index (χ4n) is 2.47. The lowest BCUT2D eigenvalue weighted by atomic mass is 9.99. The molecule has 2 N–H and O–H groups in total. The van der Waals surface area contributed by atoms with Gasteiger partial charge in [-0.1, -0.05) is 6.07 Å². The zero-order valence-corrected chi connectivity index (χ0v) is 10.2. The van der Waals surface area contributed by atoms with E-state index in [4.69, 9.17) is 0 Å². The summed E-state index contributed by atoms with van der Waals surface area (Å²) in [6.45, 7) is 1.99. The van der Waals surface area contributed by atoms with E-state index in [0.717, 1.165) is 0 Å². The van der Waals surface area contributed by atoms with Crippen molar-refractivity contribution in [3.63, 3.8) is 0 Å². The summed E-state index contributed by atoms with van der Waals surface area (Å²) in [5, 5.41) is 19.0. The smallest absolute Gasteiger partial charge is 0.130 e. The Balaban J connectivity index is 2.23. The summed E-state index contributed by atoms with van der Waals surface area (Å²) in [6, 6.07) is 3.74. The molecule has 18 heavy (non-hydrogen) atoms. The Hall–Kier alpha value is -1.04. The molecule has 1 saturated heterocycles. The Morgan fingerprint density at radius 1 is 1.39 bits per heavy atom. The molecule has 0 aromatic heterocycles. The minimum Gasteiger partial charge on any atom is -0.394 e. The lowest BCUT2D eigenvalue weighted by molar-refractivity contribution is 0.0716. The van der Waals surface area contributed by atoms with Gasteiger partial charge < -0.3 is 10.2 Å². The summed E-state index contributed by atoms with van der Waals surface area (Å²) >= 11 is 0. The van der Waals surface area contributed by atoms with E-state index in [0.29, 0.717) is 13.0 Å². The molecule has 1 fully saturated rings. The first-order valence-corrected chi connectivity index (χ1v) is 5.93. The monoisotopic (exact) mass is 257 g/mol. The number of benzene rings is 1. The highest BCUT2D eigenvalue weighted by Crippen LogP contribution is 2.31. The summed E-state index contributed by atoms with van der Waals surface area (Å²) in [5.74, 6) is -1.20. The quantitative estimate of drug-likeness (QED) is 0.857. The number of β-amino-alcohol motifs (C(OH)–C–C–N with tert-alkyl or cyclic N) is 1. The first kappa shape index (κ1) is 13.4. The molecular weight excluding hydrogens is 240 g/mol. The lowest BCUT2D eigenvalue weighted by Gasteiger charge is -2.33. The summed E-state index contributed by atoms with van der Waals surface area (Å²) in [5.41, 5.74) is -0.653. The van der Waals surface area contributed by atoms with E-state index < -0.39 is 23.3 Å². The van der Waals surface area contributed by atoms with E-state index in [1.807, 2.05) is 0 Å². The van der Waals surface area contributed by atoms with Crippen LogP contribution in [0.4, 0.5) is 8.78 Å². The Bertz CT molecular complexity index is 421. The summed E-state index contributed by atoms with van der Waals surface area (Å²) in [6.07, 6.45) is -0.170. The number of hydrogen-bond acceptors (Lipinski definition) is 3. The van der Waals surface area contributed by atoms with Crippen molar-refractivity contribution in [2.45, 2.75) is 31.5 Å². The first-order chi connectivity index (χ1) is 8.46. The highest BCUT2D eigenvalue weighted by molar-refractivity contribution is 5.20. The third kappa shape index (κ3) is 2.39. The van der Waals surface area contributed by atoms with Crippen LogP contribution in [0.25, 0.3) is 0 Å². The van der Waals surface area contributed by atoms with Crippen molar-refractivity contribution in [3.8, 4) is 0 Å². The Kier molecular flexibility index (Phi) is 3.66. The summed E-state index contributed by atoms with van der Waals surface area (Å²) < 4.78 is 27.1. The highest BCUT2D eigenvalue weighted by atomic mass is 19.1. The Morgan fingerprint density at radius 3 is 2.56 bits per heavy atom. The first-order valence-electron chi connectivity index (χ1n) is 5.93. The molecule has 100 valence electrons. The van der Waals surface area contributed by atoms with Gasteiger partial charge in [-0.2, -0.15) is 0 Å². The number of rotatable bonds is 3. The van der Waals surface area contributed by atoms with E-state index in [9.17, 15) is 19.0 Å². The molecule has 0 aliphatic carbocycles. The van der Waals surface area contributed by atoms with E-state index in [1.165, 1.54) is 18.2 Å². The second-order valence-electron chi connectivity index (χ2n) is 5.09. The number of likely N-dealkylation sites (tertiary alicyclic amines) is 1. The van der Waals surface area contributed by atoms with E-state index >= 15 is 0 Å². The van der Waals surface area contributed by atoms with Crippen LogP contribution >= 0.6 is 0 Å². The Morgan fingerprint density at radius 2 is 2.00 bits per heavy atom. The third-order valence-electron chi connectivity index (χ3n) is 3.62. The van der Waals surface area contributed by atoms with Gasteiger partial charge in [-0.3, -0.25) is 4.90 Å². The zero-order chi connectivity index (χ0) is 13.3. The lowest BCUT2D eigenvalue weighted by Crippen LogP contribution is -2.43. The molecule has 5 heteroatoms. The van der Waals surface area contributed by atoms with Crippen molar-refractivity contribution in [2.75, 3.05) is 13.2 Å². The second kappa shape index (κ2) is 4.91. The van der Waals surface area contributed by atoms with Gasteiger partial charge in [0.25, 0.3) is 0 Å². The molecule has 0 bridgehead atoms. The molecule has 0 radical (unpaired) electrons. The van der Waals surface area contributed by atoms with Crippen LogP contribution in [0.1, 0.15) is 18.9 Å². The van der Waals surface area contributed by atoms with Gasteiger partial charge in [0.1, 0.15) is 11.6 Å². The number of hydrogen-bond donors (Lipinski definition) is 2. The maximum atomic E-state index is 13.6. The maximum absolute atomic E-state index is 13.6. The largest absolute Gasteiger partial charge is 0.394 e. The number of aliphatic hydroxyl groups excluding tert-OH is 2. The van der Waals surface area contributed by atoms with E-state index in [1.54, 1.807) is 11.8 Å². The van der Waals surface area contributed by atoms with Crippen molar-refractivity contribution >= 4 is 0 Å². The van der Waals surface area contributed by atoms with Gasteiger partial charge in [-0.15, -0.1) is 0 Å². The fraction of sp³-hybridized carbons (Fsp3) is 0.538. The molecule has 1 heterocycles. The fourth-order valence-corrected chi connectivity index (χ4v) is 2.47. The minimum atomic E-state index is -0.631. The van der Waals surface area contributed by atoms with Crippen molar-refractivity contribution in [3.05, 3.63) is 35.4 Å². The summed E-state index contributed by atoms with van der Waals surface area (Å²) in [7, 11) is 0. The summed E-state index contributed by atoms with van der Waals surface area (Å²) in [4.78, 5) is 1.72. The van der Waals surface area contributed by atoms with Crippen LogP contribution in [0.15, 0.2) is 18.2 Å². The Labute approximate surface area is 105 Å². The average Bonchev–Trinajstić information content (AvgIpc) is 2.60. The van der Waals surface area contributed by atoms with Crippen molar-refractivity contribution in [2.24, 2.45) is 0 Å². The highest BCUT2D eigenvalue weighted by Gasteiger charge is 2.41.